The quantitative estimate of drug-likeness (QED) is 0.181. The molecule has 0 aromatic heterocycles. The molecule has 0 aliphatic rings. The number of nitrogens with one attached hydrogen (secondary N) is 4. The molecule has 4 N–H and O–H groups in total. The Kier molecular flexibility index (Phi) is 10.8. The third-order valence-electron chi connectivity index (χ3n) is 3.08. The van der Waals surface area contributed by atoms with E-state index in [0.717, 1.165) is 0 Å². The van der Waals surface area contributed by atoms with Crippen LogP contribution in [0.15, 0.2) is 0 Å². The van der Waals surface area contributed by atoms with Crippen LogP contribution in [0, 0.1) is 0 Å². The molecular formula is C13H24F2N4O3S3. The lowest BCUT2D eigenvalue weighted by Crippen LogP contribution is -2.64. The number of likely N-dealkylation sites (N-methyl/N-ethyl adjacent to an activating group) is 2. The summed E-state index contributed by atoms with van der Waals surface area (Å²) in [5.74, 6) is -9.89. The number of hydrogen-bond donors (Lipinski definition) is 7. The van der Waals surface area contributed by atoms with E-state index in [9.17, 15) is 23.2 Å². The normalized spacial score (nSPS) is 16.9. The maximum absolute atomic E-state index is 14.6. The number of rotatable bonds is 11. The summed E-state index contributed by atoms with van der Waals surface area (Å²) in [7, 11) is 0. The lowest BCUT2D eigenvalue weighted by molar-refractivity contribution is -0.142. The van der Waals surface area contributed by atoms with Gasteiger partial charge in [-0.05, 0) is 13.5 Å². The molecule has 146 valence electrons. The number of carbonyl (C=O) groups is 3. The van der Waals surface area contributed by atoms with Gasteiger partial charge in [-0.15, -0.1) is 0 Å². The van der Waals surface area contributed by atoms with Crippen molar-refractivity contribution in [2.75, 3.05) is 30.3 Å². The van der Waals surface area contributed by atoms with Crippen LogP contribution in [0.4, 0.5) is 8.78 Å². The zero-order valence-corrected chi connectivity index (χ0v) is 16.6. The first kappa shape index (κ1) is 24.3. The molecule has 0 aliphatic carbocycles. The van der Waals surface area contributed by atoms with Crippen LogP contribution >= 0.6 is 37.9 Å². The van der Waals surface area contributed by atoms with E-state index in [4.69, 9.17) is 0 Å². The van der Waals surface area contributed by atoms with Gasteiger partial charge in [-0.2, -0.15) is 37.9 Å². The number of thiol groups is 3. The van der Waals surface area contributed by atoms with E-state index in [0.29, 0.717) is 0 Å². The average Bonchev–Trinajstić information content (AvgIpc) is 2.59. The van der Waals surface area contributed by atoms with E-state index in [2.05, 4.69) is 53.8 Å². The summed E-state index contributed by atoms with van der Waals surface area (Å²) in [6, 6.07) is -1.37. The minimum absolute atomic E-state index is 0.145. The second-order valence-electron chi connectivity index (χ2n) is 5.01. The predicted molar refractivity (Wildman–Crippen MR) is 102 cm³/mol. The van der Waals surface area contributed by atoms with Gasteiger partial charge >= 0.3 is 0 Å². The van der Waals surface area contributed by atoms with Crippen LogP contribution < -0.4 is 21.3 Å². The smallest absolute Gasteiger partial charge is 0.279 e. The maximum Gasteiger partial charge on any atom is 0.279 e. The fourth-order valence-electron chi connectivity index (χ4n) is 1.71. The molecule has 0 aromatic rings. The van der Waals surface area contributed by atoms with Gasteiger partial charge in [0.1, 0.15) is 6.04 Å². The maximum atomic E-state index is 14.6. The van der Waals surface area contributed by atoms with Gasteiger partial charge in [-0.3, -0.25) is 19.7 Å². The van der Waals surface area contributed by atoms with Crippen molar-refractivity contribution in [2.24, 2.45) is 0 Å². The summed E-state index contributed by atoms with van der Waals surface area (Å²) in [5.41, 5.74) is 0. The molecule has 25 heavy (non-hydrogen) atoms. The van der Waals surface area contributed by atoms with Gasteiger partial charge in [0.15, 0.2) is 0 Å². The molecule has 3 atom stereocenters. The van der Waals surface area contributed by atoms with E-state index in [1.165, 1.54) is 0 Å². The average molecular weight is 419 g/mol. The van der Waals surface area contributed by atoms with Crippen LogP contribution in [0.5, 0.6) is 0 Å². The van der Waals surface area contributed by atoms with Crippen LogP contribution in [0.2, 0.25) is 0 Å². The lowest BCUT2D eigenvalue weighted by Gasteiger charge is -2.28. The van der Waals surface area contributed by atoms with Gasteiger partial charge in [-0.1, -0.05) is 6.92 Å². The van der Waals surface area contributed by atoms with Gasteiger partial charge in [0.2, 0.25) is 11.7 Å². The first-order valence-corrected chi connectivity index (χ1v) is 9.40. The Morgan fingerprint density at radius 3 is 1.92 bits per heavy atom. The van der Waals surface area contributed by atoms with Crippen LogP contribution in [0.25, 0.3) is 0 Å². The fourth-order valence-corrected chi connectivity index (χ4v) is 2.44. The van der Waals surface area contributed by atoms with Gasteiger partial charge in [0, 0.05) is 18.1 Å². The Bertz CT molecular complexity index is 489. The molecule has 0 radical (unpaired) electrons. The van der Waals surface area contributed by atoms with Crippen molar-refractivity contribution >= 4 is 55.6 Å². The van der Waals surface area contributed by atoms with E-state index < -0.39 is 46.9 Å². The molecular weight excluding hydrogens is 394 g/mol. The second-order valence-corrected chi connectivity index (χ2v) is 6.00. The molecule has 3 amide bonds. The van der Waals surface area contributed by atoms with Gasteiger partial charge in [0.05, 0.1) is 5.75 Å². The van der Waals surface area contributed by atoms with Crippen molar-refractivity contribution < 1.29 is 23.2 Å². The number of alkyl halides is 2. The number of carbonyl (C=O) groups excluding carboxylic acids is 3. The van der Waals surface area contributed by atoms with Crippen molar-refractivity contribution in [3.63, 3.8) is 0 Å². The highest BCUT2D eigenvalue weighted by Crippen LogP contribution is 2.12. The summed E-state index contributed by atoms with van der Waals surface area (Å²) in [6.07, 6.45) is 0. The van der Waals surface area contributed by atoms with Crippen LogP contribution in [-0.4, -0.2) is 65.7 Å². The third kappa shape index (κ3) is 6.83. The first-order chi connectivity index (χ1) is 11.6. The van der Waals surface area contributed by atoms with E-state index >= 15 is 0 Å². The second kappa shape index (κ2) is 11.1. The highest BCUT2D eigenvalue weighted by Gasteiger charge is 2.42. The van der Waals surface area contributed by atoms with Crippen LogP contribution in [-0.2, 0) is 14.4 Å². The summed E-state index contributed by atoms with van der Waals surface area (Å²) in [4.78, 5) is 35.9. The lowest BCUT2D eigenvalue weighted by atomic mass is 10.2. The third-order valence-corrected chi connectivity index (χ3v) is 4.31. The molecule has 0 bridgehead atoms. The minimum Gasteiger partial charge on any atom is -0.352 e. The van der Waals surface area contributed by atoms with Gasteiger partial charge in [-0.25, -0.2) is 8.78 Å². The molecule has 0 unspecified atom stereocenters. The predicted octanol–water partition coefficient (Wildman–Crippen LogP) is -0.546. The molecule has 0 heterocycles. The highest BCUT2D eigenvalue weighted by atomic mass is 32.1. The van der Waals surface area contributed by atoms with Crippen molar-refractivity contribution in [1.29, 1.82) is 0 Å². The van der Waals surface area contributed by atoms with Crippen molar-refractivity contribution in [2.45, 2.75) is 31.5 Å². The summed E-state index contributed by atoms with van der Waals surface area (Å²) < 4.78 is 29.0. The topological polar surface area (TPSA) is 99.3 Å². The monoisotopic (exact) mass is 418 g/mol. The Balaban J connectivity index is 5.13. The largest absolute Gasteiger partial charge is 0.352 e. The van der Waals surface area contributed by atoms with Gasteiger partial charge in [0.25, 0.3) is 17.6 Å². The molecule has 0 aliphatic heterocycles. The molecule has 0 saturated heterocycles. The number of halogens is 2. The highest BCUT2D eigenvalue weighted by molar-refractivity contribution is 7.80. The van der Waals surface area contributed by atoms with E-state index in [1.807, 2.05) is 5.32 Å². The van der Waals surface area contributed by atoms with Crippen molar-refractivity contribution in [1.82, 2.24) is 21.3 Å². The van der Waals surface area contributed by atoms with Crippen LogP contribution in [0.3, 0.4) is 0 Å². The molecule has 0 spiro atoms. The molecule has 0 fully saturated rings. The van der Waals surface area contributed by atoms with Crippen molar-refractivity contribution in [3.8, 4) is 0 Å². The van der Waals surface area contributed by atoms with Crippen molar-refractivity contribution in [3.05, 3.63) is 0 Å². The molecule has 0 rings (SSSR count). The first-order valence-electron chi connectivity index (χ1n) is 7.50. The van der Waals surface area contributed by atoms with Crippen LogP contribution in [0.1, 0.15) is 13.8 Å². The zero-order valence-electron chi connectivity index (χ0n) is 13.9. The summed E-state index contributed by atoms with van der Waals surface area (Å²) in [5, 5.41) is 8.52. The Labute approximate surface area is 162 Å². The van der Waals surface area contributed by atoms with E-state index in [-0.39, 0.29) is 18.8 Å². The standard InChI is InChI=1S/C13H24F2N4O3S3/c1-3-16-10(21)13(15,7-25)19-9(20)8(5-23)18-11(22)12(14,6-24)17-4-2/h8,17,23-25H,3-7H2,1-2H3,(H,16,21)(H,18,22)(H,19,20)/t8-,12-,13-/m1/s1. The number of amides is 3. The summed E-state index contributed by atoms with van der Waals surface area (Å²) >= 11 is 11.4. The Morgan fingerprint density at radius 1 is 0.960 bits per heavy atom. The Morgan fingerprint density at radius 2 is 1.52 bits per heavy atom. The SMILES string of the molecule is CCNC(=O)[C@@](F)(CS)NC(=O)[C@@H](CS)NC(=O)[C@@](F)(CS)NCC. The van der Waals surface area contributed by atoms with Gasteiger partial charge < -0.3 is 16.0 Å². The fraction of sp³-hybridized carbons (Fsp3) is 0.769. The Hall–Kier alpha value is -0.720. The molecule has 12 heteroatoms. The van der Waals surface area contributed by atoms with E-state index in [1.54, 1.807) is 13.8 Å². The molecule has 0 aromatic carbocycles. The number of hydrogen-bond acceptors (Lipinski definition) is 7. The minimum atomic E-state index is -2.78. The zero-order chi connectivity index (χ0) is 19.7. The molecule has 7 nitrogen and oxygen atoms in total. The molecule has 0 saturated carbocycles. The summed E-state index contributed by atoms with van der Waals surface area (Å²) in [6.45, 7) is 3.46.